The van der Waals surface area contributed by atoms with Gasteiger partial charge < -0.3 is 4.52 Å². The van der Waals surface area contributed by atoms with Crippen LogP contribution in [0.15, 0.2) is 15.5 Å². The van der Waals surface area contributed by atoms with Crippen LogP contribution in [0.2, 0.25) is 0 Å². The molecule has 5 nitrogen and oxygen atoms in total. The van der Waals surface area contributed by atoms with Gasteiger partial charge in [0.2, 0.25) is 10.0 Å². The number of aryl methyl sites for hydroxylation is 3. The van der Waals surface area contributed by atoms with Crippen LogP contribution in [0.4, 0.5) is 0 Å². The van der Waals surface area contributed by atoms with E-state index in [0.717, 1.165) is 41.1 Å². The molecule has 0 saturated carbocycles. The summed E-state index contributed by atoms with van der Waals surface area (Å²) in [7, 11) is -3.51. The zero-order valence-electron chi connectivity index (χ0n) is 13.8. The van der Waals surface area contributed by atoms with Crippen LogP contribution >= 0.6 is 11.3 Å². The Balaban J connectivity index is 2.11. The lowest BCUT2D eigenvalue weighted by Gasteiger charge is -2.20. The topological polar surface area (TPSA) is 63.4 Å². The van der Waals surface area contributed by atoms with Gasteiger partial charge in [-0.3, -0.25) is 0 Å². The second kappa shape index (κ2) is 6.37. The molecule has 7 heteroatoms. The first-order valence-electron chi connectivity index (χ1n) is 7.95. The van der Waals surface area contributed by atoms with Crippen LogP contribution in [0.25, 0.3) is 11.3 Å². The summed E-state index contributed by atoms with van der Waals surface area (Å²) >= 11 is 1.50. The summed E-state index contributed by atoms with van der Waals surface area (Å²) in [6.45, 7) is 6.85. The molecule has 0 aromatic carbocycles. The van der Waals surface area contributed by atoms with E-state index in [9.17, 15) is 8.42 Å². The molecule has 0 atom stereocenters. The molecule has 1 fully saturated rings. The monoisotopic (exact) mass is 354 g/mol. The SMILES string of the molecule is Cc1cc(-c2c(C)sc(C)c2S(=O)(=O)N2CCCCCC2)on1. The predicted molar refractivity (Wildman–Crippen MR) is 91.3 cm³/mol. The van der Waals surface area contributed by atoms with E-state index in [2.05, 4.69) is 5.16 Å². The molecule has 3 heterocycles. The van der Waals surface area contributed by atoms with Crippen LogP contribution in [0, 0.1) is 20.8 Å². The lowest BCUT2D eigenvalue weighted by atomic mass is 10.2. The van der Waals surface area contributed by atoms with Gasteiger partial charge in [0.15, 0.2) is 5.76 Å². The first-order valence-corrected chi connectivity index (χ1v) is 10.2. The molecule has 0 aliphatic carbocycles. The summed E-state index contributed by atoms with van der Waals surface area (Å²) in [5.74, 6) is 0.540. The van der Waals surface area contributed by atoms with E-state index in [1.807, 2.05) is 20.8 Å². The molecule has 1 aliphatic rings. The normalized spacial score (nSPS) is 17.3. The maximum absolute atomic E-state index is 13.2. The quantitative estimate of drug-likeness (QED) is 0.839. The van der Waals surface area contributed by atoms with Gasteiger partial charge in [0.1, 0.15) is 4.90 Å². The Hall–Kier alpha value is -1.18. The second-order valence-corrected chi connectivity index (χ2v) is 9.37. The first kappa shape index (κ1) is 16.7. The van der Waals surface area contributed by atoms with Crippen LogP contribution in [0.1, 0.15) is 41.1 Å². The first-order chi connectivity index (χ1) is 10.9. The molecule has 0 N–H and O–H groups in total. The van der Waals surface area contributed by atoms with E-state index in [1.165, 1.54) is 11.3 Å². The lowest BCUT2D eigenvalue weighted by molar-refractivity contribution is 0.419. The highest BCUT2D eigenvalue weighted by Crippen LogP contribution is 2.40. The van der Waals surface area contributed by atoms with E-state index in [-0.39, 0.29) is 0 Å². The average Bonchev–Trinajstić information content (AvgIpc) is 2.90. The molecule has 3 rings (SSSR count). The Kier molecular flexibility index (Phi) is 4.62. The van der Waals surface area contributed by atoms with Gasteiger partial charge in [-0.1, -0.05) is 18.0 Å². The van der Waals surface area contributed by atoms with E-state index in [0.29, 0.717) is 29.3 Å². The Labute approximate surface area is 141 Å². The standard InChI is InChI=1S/C16H22N2O3S2/c1-11-10-14(21-17-11)15-12(2)22-13(3)16(15)23(19,20)18-8-6-4-5-7-9-18/h10H,4-9H2,1-3H3. The fourth-order valence-electron chi connectivity index (χ4n) is 3.15. The maximum atomic E-state index is 13.2. The number of hydrogen-bond donors (Lipinski definition) is 0. The number of rotatable bonds is 3. The van der Waals surface area contributed by atoms with Crippen molar-refractivity contribution in [1.29, 1.82) is 0 Å². The van der Waals surface area contributed by atoms with Gasteiger partial charge >= 0.3 is 0 Å². The van der Waals surface area contributed by atoms with Crippen molar-refractivity contribution in [3.05, 3.63) is 21.5 Å². The highest BCUT2D eigenvalue weighted by molar-refractivity contribution is 7.89. The van der Waals surface area contributed by atoms with Crippen molar-refractivity contribution in [3.8, 4) is 11.3 Å². The van der Waals surface area contributed by atoms with E-state index < -0.39 is 10.0 Å². The molecule has 0 bridgehead atoms. The average molecular weight is 354 g/mol. The number of hydrogen-bond acceptors (Lipinski definition) is 5. The van der Waals surface area contributed by atoms with E-state index >= 15 is 0 Å². The molecular weight excluding hydrogens is 332 g/mol. The third kappa shape index (κ3) is 3.09. The lowest BCUT2D eigenvalue weighted by Crippen LogP contribution is -2.32. The van der Waals surface area contributed by atoms with Gasteiger partial charge in [-0.2, -0.15) is 4.31 Å². The molecule has 1 aliphatic heterocycles. The second-order valence-electron chi connectivity index (χ2n) is 6.07. The Morgan fingerprint density at radius 2 is 1.74 bits per heavy atom. The van der Waals surface area contributed by atoms with Gasteiger partial charge in [0.25, 0.3) is 0 Å². The Morgan fingerprint density at radius 1 is 1.09 bits per heavy atom. The molecule has 126 valence electrons. The molecule has 2 aromatic rings. The van der Waals surface area contributed by atoms with Crippen molar-refractivity contribution in [1.82, 2.24) is 9.46 Å². The summed E-state index contributed by atoms with van der Waals surface area (Å²) in [6.07, 6.45) is 4.06. The summed E-state index contributed by atoms with van der Waals surface area (Å²) in [5.41, 5.74) is 1.43. The zero-order valence-corrected chi connectivity index (χ0v) is 15.4. The number of thiophene rings is 1. The van der Waals surface area contributed by atoms with Crippen LogP contribution < -0.4 is 0 Å². The fraction of sp³-hybridized carbons (Fsp3) is 0.562. The van der Waals surface area contributed by atoms with E-state index in [4.69, 9.17) is 4.52 Å². The zero-order chi connectivity index (χ0) is 16.6. The molecular formula is C16H22N2O3S2. The molecule has 1 saturated heterocycles. The summed E-state index contributed by atoms with van der Waals surface area (Å²) in [5, 5.41) is 3.92. The predicted octanol–water partition coefficient (Wildman–Crippen LogP) is 3.89. The minimum absolute atomic E-state index is 0.401. The molecule has 0 radical (unpaired) electrons. The number of nitrogens with zero attached hydrogens (tertiary/aromatic N) is 2. The largest absolute Gasteiger partial charge is 0.356 e. The summed E-state index contributed by atoms with van der Waals surface area (Å²) in [4.78, 5) is 2.17. The van der Waals surface area contributed by atoms with Crippen molar-refractivity contribution in [2.45, 2.75) is 51.3 Å². The smallest absolute Gasteiger partial charge is 0.244 e. The van der Waals surface area contributed by atoms with Gasteiger partial charge in [-0.05, 0) is 33.6 Å². The number of aromatic nitrogens is 1. The van der Waals surface area contributed by atoms with Gasteiger partial charge in [-0.15, -0.1) is 11.3 Å². The number of sulfonamides is 1. The van der Waals surface area contributed by atoms with Crippen LogP contribution in [0.5, 0.6) is 0 Å². The Morgan fingerprint density at radius 3 is 2.30 bits per heavy atom. The third-order valence-corrected chi connectivity index (χ3v) is 7.46. The highest BCUT2D eigenvalue weighted by atomic mass is 32.2. The van der Waals surface area contributed by atoms with Crippen LogP contribution in [-0.4, -0.2) is 31.0 Å². The van der Waals surface area contributed by atoms with Crippen LogP contribution in [0.3, 0.4) is 0 Å². The minimum atomic E-state index is -3.51. The Bertz CT molecular complexity index is 797. The van der Waals surface area contributed by atoms with Crippen molar-refractivity contribution in [3.63, 3.8) is 0 Å². The maximum Gasteiger partial charge on any atom is 0.244 e. The highest BCUT2D eigenvalue weighted by Gasteiger charge is 2.33. The molecule has 0 unspecified atom stereocenters. The van der Waals surface area contributed by atoms with Crippen molar-refractivity contribution in [2.24, 2.45) is 0 Å². The van der Waals surface area contributed by atoms with Gasteiger partial charge in [0.05, 0.1) is 11.3 Å². The molecule has 2 aromatic heterocycles. The summed E-state index contributed by atoms with van der Waals surface area (Å²) < 4.78 is 33.5. The van der Waals surface area contributed by atoms with Gasteiger partial charge in [-0.25, -0.2) is 8.42 Å². The van der Waals surface area contributed by atoms with Gasteiger partial charge in [0, 0.05) is 28.9 Å². The summed E-state index contributed by atoms with van der Waals surface area (Å²) in [6, 6.07) is 1.80. The molecule has 0 amide bonds. The fourth-order valence-corrected chi connectivity index (χ4v) is 6.49. The minimum Gasteiger partial charge on any atom is -0.356 e. The van der Waals surface area contributed by atoms with Crippen molar-refractivity contribution >= 4 is 21.4 Å². The van der Waals surface area contributed by atoms with Crippen LogP contribution in [-0.2, 0) is 10.0 Å². The van der Waals surface area contributed by atoms with Crippen molar-refractivity contribution in [2.75, 3.05) is 13.1 Å². The molecule has 23 heavy (non-hydrogen) atoms. The van der Waals surface area contributed by atoms with Crippen molar-refractivity contribution < 1.29 is 12.9 Å². The van der Waals surface area contributed by atoms with E-state index in [1.54, 1.807) is 10.4 Å². The molecule has 0 spiro atoms. The third-order valence-electron chi connectivity index (χ3n) is 4.24.